The van der Waals surface area contributed by atoms with E-state index in [0.29, 0.717) is 12.4 Å². The number of hydrogen-bond acceptors (Lipinski definition) is 3. The fraction of sp³-hybridized carbons (Fsp3) is 0.375. The van der Waals surface area contributed by atoms with Gasteiger partial charge in [0.15, 0.2) is 0 Å². The van der Waals surface area contributed by atoms with Gasteiger partial charge in [0.05, 0.1) is 35.3 Å². The van der Waals surface area contributed by atoms with E-state index in [1.165, 1.54) is 0 Å². The molecule has 5 heteroatoms. The van der Waals surface area contributed by atoms with Crippen LogP contribution in [-0.2, 0) is 17.2 Å². The summed E-state index contributed by atoms with van der Waals surface area (Å²) in [6.07, 6.45) is 1.81. The predicted molar refractivity (Wildman–Crippen MR) is 85.7 cm³/mol. The van der Waals surface area contributed by atoms with Crippen molar-refractivity contribution in [2.24, 2.45) is 0 Å². The van der Waals surface area contributed by atoms with Crippen LogP contribution in [0.2, 0.25) is 0 Å². The van der Waals surface area contributed by atoms with Crippen molar-refractivity contribution in [1.29, 1.82) is 0 Å². The third-order valence-electron chi connectivity index (χ3n) is 3.77. The molecule has 3 rings (SSSR count). The van der Waals surface area contributed by atoms with Gasteiger partial charge in [-0.25, -0.2) is 4.98 Å². The summed E-state index contributed by atoms with van der Waals surface area (Å²) in [5.41, 5.74) is 2.61. The number of aromatic nitrogens is 3. The maximum absolute atomic E-state index is 6.08. The third-order valence-corrected chi connectivity index (χ3v) is 4.01. The van der Waals surface area contributed by atoms with Crippen LogP contribution >= 0.6 is 11.6 Å². The summed E-state index contributed by atoms with van der Waals surface area (Å²) < 4.78 is 7.71. The molecule has 0 amide bonds. The van der Waals surface area contributed by atoms with Crippen molar-refractivity contribution in [2.45, 2.75) is 31.9 Å². The number of para-hydroxylation sites is 1. The molecule has 2 heterocycles. The molecule has 0 spiro atoms. The summed E-state index contributed by atoms with van der Waals surface area (Å²) in [6, 6.07) is 8.08. The largest absolute Gasteiger partial charge is 0.377 e. The predicted octanol–water partition coefficient (Wildman–Crippen LogP) is 3.75. The van der Waals surface area contributed by atoms with E-state index in [0.717, 1.165) is 27.8 Å². The highest BCUT2D eigenvalue weighted by molar-refractivity contribution is 6.17. The second-order valence-electron chi connectivity index (χ2n) is 5.72. The van der Waals surface area contributed by atoms with E-state index in [9.17, 15) is 0 Å². The Morgan fingerprint density at radius 3 is 2.71 bits per heavy atom. The van der Waals surface area contributed by atoms with Gasteiger partial charge >= 0.3 is 0 Å². The Hall–Kier alpha value is -1.65. The molecule has 1 aromatic carbocycles. The van der Waals surface area contributed by atoms with E-state index in [1.54, 1.807) is 7.11 Å². The average molecular weight is 304 g/mol. The topological polar surface area (TPSA) is 39.9 Å². The van der Waals surface area contributed by atoms with Crippen LogP contribution in [0.3, 0.4) is 0 Å². The van der Waals surface area contributed by atoms with Gasteiger partial charge in [0, 0.05) is 12.5 Å². The zero-order valence-electron chi connectivity index (χ0n) is 12.4. The molecule has 0 aliphatic rings. The normalized spacial score (nSPS) is 12.4. The summed E-state index contributed by atoms with van der Waals surface area (Å²) in [5, 5.41) is 1.09. The quantitative estimate of drug-likeness (QED) is 0.689. The number of benzene rings is 1. The molecule has 0 saturated carbocycles. The van der Waals surface area contributed by atoms with Crippen LogP contribution < -0.4 is 0 Å². The number of halogens is 1. The number of imidazole rings is 1. The first kappa shape index (κ1) is 14.3. The lowest BCUT2D eigenvalue weighted by Crippen LogP contribution is -2.29. The Kier molecular flexibility index (Phi) is 3.59. The Balaban J connectivity index is 2.31. The minimum Gasteiger partial charge on any atom is -0.377 e. The number of rotatable bonds is 4. The van der Waals surface area contributed by atoms with Gasteiger partial charge in [-0.15, -0.1) is 11.6 Å². The number of pyridine rings is 1. The van der Waals surface area contributed by atoms with Gasteiger partial charge in [0.25, 0.3) is 0 Å². The molecule has 0 fully saturated rings. The molecule has 3 aromatic rings. The van der Waals surface area contributed by atoms with Gasteiger partial charge in [0.2, 0.25) is 0 Å². The standard InChI is InChI=1S/C16H18ClN3O/c1-16(2,21-3)10-20-14(8-17)19-13-9-18-12-7-5-4-6-11(12)15(13)20/h4-7,9H,8,10H2,1-3H3. The molecule has 0 radical (unpaired) electrons. The van der Waals surface area contributed by atoms with Crippen LogP contribution in [-0.4, -0.2) is 27.2 Å². The first-order valence-electron chi connectivity index (χ1n) is 6.90. The second kappa shape index (κ2) is 5.28. The van der Waals surface area contributed by atoms with Crippen LogP contribution in [0.4, 0.5) is 0 Å². The van der Waals surface area contributed by atoms with Crippen molar-refractivity contribution >= 4 is 33.5 Å². The van der Waals surface area contributed by atoms with Crippen molar-refractivity contribution in [3.8, 4) is 0 Å². The second-order valence-corrected chi connectivity index (χ2v) is 5.99. The van der Waals surface area contributed by atoms with E-state index in [4.69, 9.17) is 16.3 Å². The number of nitrogens with zero attached hydrogens (tertiary/aromatic N) is 3. The summed E-state index contributed by atoms with van der Waals surface area (Å²) in [5.74, 6) is 1.21. The van der Waals surface area contributed by atoms with E-state index in [2.05, 4.69) is 34.4 Å². The van der Waals surface area contributed by atoms with Crippen LogP contribution in [0.5, 0.6) is 0 Å². The van der Waals surface area contributed by atoms with Crippen LogP contribution in [0.1, 0.15) is 19.7 Å². The van der Waals surface area contributed by atoms with Crippen molar-refractivity contribution in [1.82, 2.24) is 14.5 Å². The lowest BCUT2D eigenvalue weighted by molar-refractivity contribution is 0.00858. The smallest absolute Gasteiger partial charge is 0.125 e. The molecular formula is C16H18ClN3O. The molecule has 0 atom stereocenters. The molecular weight excluding hydrogens is 286 g/mol. The summed E-state index contributed by atoms with van der Waals surface area (Å²) in [4.78, 5) is 9.08. The molecule has 21 heavy (non-hydrogen) atoms. The van der Waals surface area contributed by atoms with Gasteiger partial charge in [-0.3, -0.25) is 4.98 Å². The van der Waals surface area contributed by atoms with Crippen molar-refractivity contribution in [3.05, 3.63) is 36.3 Å². The van der Waals surface area contributed by atoms with Crippen molar-refractivity contribution < 1.29 is 4.74 Å². The summed E-state index contributed by atoms with van der Waals surface area (Å²) >= 11 is 6.08. The minimum atomic E-state index is -0.293. The fourth-order valence-corrected chi connectivity index (χ4v) is 2.73. The van der Waals surface area contributed by atoms with Crippen LogP contribution in [0, 0.1) is 0 Å². The fourth-order valence-electron chi connectivity index (χ4n) is 2.53. The Morgan fingerprint density at radius 1 is 1.24 bits per heavy atom. The zero-order chi connectivity index (χ0) is 15.0. The first-order valence-corrected chi connectivity index (χ1v) is 7.43. The maximum atomic E-state index is 6.08. The van der Waals surface area contributed by atoms with Gasteiger partial charge in [-0.05, 0) is 19.9 Å². The first-order chi connectivity index (χ1) is 10.1. The maximum Gasteiger partial charge on any atom is 0.125 e. The van der Waals surface area contributed by atoms with E-state index in [1.807, 2.05) is 24.4 Å². The molecule has 0 bridgehead atoms. The molecule has 0 aliphatic carbocycles. The molecule has 4 nitrogen and oxygen atoms in total. The lowest BCUT2D eigenvalue weighted by atomic mass is 10.1. The highest BCUT2D eigenvalue weighted by atomic mass is 35.5. The van der Waals surface area contributed by atoms with Crippen LogP contribution in [0.15, 0.2) is 30.5 Å². The Labute approximate surface area is 128 Å². The van der Waals surface area contributed by atoms with Crippen LogP contribution in [0.25, 0.3) is 21.9 Å². The SMILES string of the molecule is COC(C)(C)Cn1c(CCl)nc2cnc3ccccc3c21. The molecule has 0 saturated heterocycles. The highest BCUT2D eigenvalue weighted by Gasteiger charge is 2.22. The van der Waals surface area contributed by atoms with E-state index >= 15 is 0 Å². The van der Waals surface area contributed by atoms with E-state index in [-0.39, 0.29) is 5.60 Å². The number of hydrogen-bond donors (Lipinski definition) is 0. The van der Waals surface area contributed by atoms with Gasteiger partial charge < -0.3 is 9.30 Å². The summed E-state index contributed by atoms with van der Waals surface area (Å²) in [7, 11) is 1.72. The molecule has 110 valence electrons. The number of methoxy groups -OCH3 is 1. The average Bonchev–Trinajstić information content (AvgIpc) is 2.85. The van der Waals surface area contributed by atoms with Crippen molar-refractivity contribution in [3.63, 3.8) is 0 Å². The molecule has 0 aliphatic heterocycles. The Morgan fingerprint density at radius 2 is 2.00 bits per heavy atom. The molecule has 0 unspecified atom stereocenters. The van der Waals surface area contributed by atoms with E-state index < -0.39 is 0 Å². The molecule has 2 aromatic heterocycles. The number of fused-ring (bicyclic) bond motifs is 3. The Bertz CT molecular complexity index is 795. The third kappa shape index (κ3) is 2.49. The summed E-state index contributed by atoms with van der Waals surface area (Å²) in [6.45, 7) is 4.80. The highest BCUT2D eigenvalue weighted by Crippen LogP contribution is 2.27. The van der Waals surface area contributed by atoms with Gasteiger partial charge in [-0.1, -0.05) is 18.2 Å². The number of alkyl halides is 1. The lowest BCUT2D eigenvalue weighted by Gasteiger charge is -2.24. The van der Waals surface area contributed by atoms with Crippen molar-refractivity contribution in [2.75, 3.05) is 7.11 Å². The number of ether oxygens (including phenoxy) is 1. The van der Waals surface area contributed by atoms with Gasteiger partial charge in [0.1, 0.15) is 11.3 Å². The monoisotopic (exact) mass is 303 g/mol. The minimum absolute atomic E-state index is 0.293. The zero-order valence-corrected chi connectivity index (χ0v) is 13.2. The molecule has 0 N–H and O–H groups in total. The van der Waals surface area contributed by atoms with Gasteiger partial charge in [-0.2, -0.15) is 0 Å².